The molecule has 0 unspecified atom stereocenters. The molecule has 0 saturated heterocycles. The number of fused-ring (bicyclic) bond motifs is 1. The molecule has 118 valence electrons. The lowest BCUT2D eigenvalue weighted by Gasteiger charge is -2.06. The monoisotopic (exact) mass is 346 g/mol. The number of aryl methyl sites for hydroxylation is 1. The van der Waals surface area contributed by atoms with Crippen LogP contribution >= 0.6 is 22.9 Å². The molecule has 1 aromatic heterocycles. The first-order valence-electron chi connectivity index (χ1n) is 7.29. The molecule has 0 spiro atoms. The number of halogens is 1. The van der Waals surface area contributed by atoms with Crippen molar-refractivity contribution < 1.29 is 4.79 Å². The van der Waals surface area contributed by atoms with Crippen LogP contribution in [0.5, 0.6) is 0 Å². The van der Waals surface area contributed by atoms with Crippen molar-refractivity contribution in [1.29, 1.82) is 0 Å². The zero-order valence-electron chi connectivity index (χ0n) is 12.5. The second kappa shape index (κ2) is 6.56. The molecule has 1 amide bonds. The van der Waals surface area contributed by atoms with E-state index in [1.807, 2.05) is 25.1 Å². The maximum Gasteiger partial charge on any atom is 0.308 e. The van der Waals surface area contributed by atoms with Crippen molar-refractivity contribution in [1.82, 2.24) is 4.57 Å². The van der Waals surface area contributed by atoms with E-state index in [9.17, 15) is 9.59 Å². The van der Waals surface area contributed by atoms with Gasteiger partial charge in [-0.25, -0.2) is 0 Å². The number of hydrogen-bond donors (Lipinski definition) is 1. The summed E-state index contributed by atoms with van der Waals surface area (Å²) in [5, 5.41) is 3.35. The summed E-state index contributed by atoms with van der Waals surface area (Å²) in [6, 6.07) is 12.3. The van der Waals surface area contributed by atoms with Crippen LogP contribution < -0.4 is 10.2 Å². The zero-order chi connectivity index (χ0) is 16.4. The number of amides is 1. The molecule has 23 heavy (non-hydrogen) atoms. The number of thiazole rings is 1. The first-order valence-corrected chi connectivity index (χ1v) is 8.48. The number of carbonyl (C=O) groups excluding carboxylic acids is 1. The van der Waals surface area contributed by atoms with Gasteiger partial charge < -0.3 is 5.32 Å². The number of nitrogens with one attached hydrogen (secondary N) is 1. The van der Waals surface area contributed by atoms with Crippen LogP contribution in [0.15, 0.2) is 47.3 Å². The molecule has 0 aliphatic heterocycles. The van der Waals surface area contributed by atoms with Crippen LogP contribution in [-0.4, -0.2) is 10.5 Å². The minimum Gasteiger partial charge on any atom is -0.322 e. The molecule has 0 fully saturated rings. The van der Waals surface area contributed by atoms with Crippen molar-refractivity contribution in [2.45, 2.75) is 19.9 Å². The SMILES string of the molecule is CCCn1c(=O)sc2cc(NC(=O)c3cccc(Cl)c3)ccc21. The van der Waals surface area contributed by atoms with E-state index in [4.69, 9.17) is 11.6 Å². The molecular formula is C17H15ClN2O2S. The van der Waals surface area contributed by atoms with E-state index in [0.29, 0.717) is 22.8 Å². The van der Waals surface area contributed by atoms with Gasteiger partial charge in [-0.15, -0.1) is 0 Å². The Morgan fingerprint density at radius 3 is 2.83 bits per heavy atom. The Morgan fingerprint density at radius 1 is 1.26 bits per heavy atom. The molecule has 3 rings (SSSR count). The number of rotatable bonds is 4. The first-order chi connectivity index (χ1) is 11.1. The first kappa shape index (κ1) is 15.8. The third-order valence-electron chi connectivity index (χ3n) is 3.46. The Kier molecular flexibility index (Phi) is 4.50. The van der Waals surface area contributed by atoms with Gasteiger partial charge in [0.1, 0.15) is 0 Å². The normalized spacial score (nSPS) is 10.9. The Morgan fingerprint density at radius 2 is 2.09 bits per heavy atom. The summed E-state index contributed by atoms with van der Waals surface area (Å²) in [5.74, 6) is -0.229. The lowest BCUT2D eigenvalue weighted by Crippen LogP contribution is -2.12. The van der Waals surface area contributed by atoms with E-state index in [1.54, 1.807) is 28.8 Å². The second-order valence-electron chi connectivity index (χ2n) is 5.17. The Balaban J connectivity index is 1.89. The molecular weight excluding hydrogens is 332 g/mol. The zero-order valence-corrected chi connectivity index (χ0v) is 14.1. The summed E-state index contributed by atoms with van der Waals surface area (Å²) in [6.45, 7) is 2.74. The third-order valence-corrected chi connectivity index (χ3v) is 4.64. The van der Waals surface area contributed by atoms with Gasteiger partial charge in [-0.3, -0.25) is 14.2 Å². The van der Waals surface area contributed by atoms with E-state index in [-0.39, 0.29) is 10.8 Å². The molecule has 2 aromatic carbocycles. The molecule has 0 aliphatic rings. The van der Waals surface area contributed by atoms with Crippen molar-refractivity contribution >= 4 is 44.7 Å². The van der Waals surface area contributed by atoms with Crippen LogP contribution in [0.3, 0.4) is 0 Å². The van der Waals surface area contributed by atoms with Crippen LogP contribution in [0.1, 0.15) is 23.7 Å². The summed E-state index contributed by atoms with van der Waals surface area (Å²) in [4.78, 5) is 24.3. The fourth-order valence-electron chi connectivity index (χ4n) is 2.41. The highest BCUT2D eigenvalue weighted by atomic mass is 35.5. The van der Waals surface area contributed by atoms with Crippen molar-refractivity contribution in [3.63, 3.8) is 0 Å². The highest BCUT2D eigenvalue weighted by Gasteiger charge is 2.10. The molecule has 6 heteroatoms. The molecule has 1 N–H and O–H groups in total. The van der Waals surface area contributed by atoms with Gasteiger partial charge in [0.05, 0.1) is 10.2 Å². The molecule has 1 heterocycles. The molecule has 4 nitrogen and oxygen atoms in total. The van der Waals surface area contributed by atoms with E-state index >= 15 is 0 Å². The van der Waals surface area contributed by atoms with Gasteiger partial charge in [0.25, 0.3) is 5.91 Å². The van der Waals surface area contributed by atoms with Gasteiger partial charge >= 0.3 is 4.87 Å². The van der Waals surface area contributed by atoms with Crippen molar-refractivity contribution in [2.24, 2.45) is 0 Å². The van der Waals surface area contributed by atoms with Gasteiger partial charge in [-0.1, -0.05) is 35.9 Å². The lowest BCUT2D eigenvalue weighted by molar-refractivity contribution is 0.102. The standard InChI is InChI=1S/C17H15ClN2O2S/c1-2-8-20-14-7-6-13(10-15(14)23-17(20)22)19-16(21)11-4-3-5-12(18)9-11/h3-7,9-10H,2,8H2,1H3,(H,19,21). The van der Waals surface area contributed by atoms with Crippen LogP contribution in [0.2, 0.25) is 5.02 Å². The fraction of sp³-hybridized carbons (Fsp3) is 0.176. The Hall–Kier alpha value is -2.11. The lowest BCUT2D eigenvalue weighted by atomic mass is 10.2. The van der Waals surface area contributed by atoms with Crippen molar-refractivity contribution in [3.05, 3.63) is 62.7 Å². The third kappa shape index (κ3) is 3.30. The fourth-order valence-corrected chi connectivity index (χ4v) is 3.56. The molecule has 0 bridgehead atoms. The van der Waals surface area contributed by atoms with E-state index in [2.05, 4.69) is 5.32 Å². The largest absolute Gasteiger partial charge is 0.322 e. The Bertz CT molecular complexity index is 930. The van der Waals surface area contributed by atoms with Gasteiger partial charge in [-0.05, 0) is 42.8 Å². The molecule has 0 aliphatic carbocycles. The average molecular weight is 347 g/mol. The van der Waals surface area contributed by atoms with E-state index < -0.39 is 0 Å². The maximum absolute atomic E-state index is 12.2. The predicted octanol–water partition coefficient (Wildman–Crippen LogP) is 4.38. The van der Waals surface area contributed by atoms with Crippen molar-refractivity contribution in [2.75, 3.05) is 5.32 Å². The summed E-state index contributed by atoms with van der Waals surface area (Å²) in [7, 11) is 0. The molecule has 3 aromatic rings. The number of aromatic nitrogens is 1. The number of hydrogen-bond acceptors (Lipinski definition) is 3. The highest BCUT2D eigenvalue weighted by Crippen LogP contribution is 2.23. The number of anilines is 1. The molecule has 0 atom stereocenters. The summed E-state index contributed by atoms with van der Waals surface area (Å²) < 4.78 is 2.63. The number of nitrogens with zero attached hydrogens (tertiary/aromatic N) is 1. The predicted molar refractivity (Wildman–Crippen MR) is 95.8 cm³/mol. The van der Waals surface area contributed by atoms with E-state index in [1.165, 1.54) is 11.3 Å². The van der Waals surface area contributed by atoms with Crippen LogP contribution in [-0.2, 0) is 6.54 Å². The Labute approximate surface area is 142 Å². The van der Waals surface area contributed by atoms with Crippen molar-refractivity contribution in [3.8, 4) is 0 Å². The van der Waals surface area contributed by atoms with Crippen LogP contribution in [0, 0.1) is 0 Å². The maximum atomic E-state index is 12.2. The van der Waals surface area contributed by atoms with Crippen LogP contribution in [0.25, 0.3) is 10.2 Å². The highest BCUT2D eigenvalue weighted by molar-refractivity contribution is 7.16. The topological polar surface area (TPSA) is 51.1 Å². The number of carbonyl (C=O) groups is 1. The van der Waals surface area contributed by atoms with Crippen LogP contribution in [0.4, 0.5) is 5.69 Å². The molecule has 0 saturated carbocycles. The van der Waals surface area contributed by atoms with Gasteiger partial charge in [-0.2, -0.15) is 0 Å². The smallest absolute Gasteiger partial charge is 0.308 e. The summed E-state index contributed by atoms with van der Waals surface area (Å²) >= 11 is 7.10. The number of benzene rings is 2. The molecule has 0 radical (unpaired) electrons. The van der Waals surface area contributed by atoms with Gasteiger partial charge in [0.2, 0.25) is 0 Å². The van der Waals surface area contributed by atoms with Gasteiger partial charge in [0.15, 0.2) is 0 Å². The summed E-state index contributed by atoms with van der Waals surface area (Å²) in [5.41, 5.74) is 2.06. The average Bonchev–Trinajstić information content (AvgIpc) is 2.83. The quantitative estimate of drug-likeness (QED) is 0.762. The van der Waals surface area contributed by atoms with E-state index in [0.717, 1.165) is 16.6 Å². The summed E-state index contributed by atoms with van der Waals surface area (Å²) in [6.07, 6.45) is 0.902. The minimum atomic E-state index is -0.229. The van der Waals surface area contributed by atoms with Gasteiger partial charge in [0, 0.05) is 22.8 Å². The minimum absolute atomic E-state index is 0.0279. The second-order valence-corrected chi connectivity index (χ2v) is 6.60.